The summed E-state index contributed by atoms with van der Waals surface area (Å²) in [5.74, 6) is 0.153. The fraction of sp³-hybridized carbons (Fsp3) is 0.556. The van der Waals surface area contributed by atoms with Crippen molar-refractivity contribution in [1.82, 2.24) is 5.32 Å². The molecule has 0 saturated carbocycles. The zero-order chi connectivity index (χ0) is 17.3. The molecular formula is C18H25N3O3. The van der Waals surface area contributed by atoms with E-state index in [0.717, 1.165) is 29.7 Å². The van der Waals surface area contributed by atoms with Crippen LogP contribution in [0.4, 0.5) is 5.69 Å². The molecule has 6 nitrogen and oxygen atoms in total. The molecule has 0 radical (unpaired) electrons. The van der Waals surface area contributed by atoms with Crippen molar-refractivity contribution >= 4 is 17.5 Å². The molecule has 2 heterocycles. The second-order valence-electron chi connectivity index (χ2n) is 6.72. The molecule has 130 valence electrons. The number of anilines is 1. The van der Waals surface area contributed by atoms with E-state index in [1.54, 1.807) is 11.9 Å². The smallest absolute Gasteiger partial charge is 0.237 e. The molecule has 24 heavy (non-hydrogen) atoms. The van der Waals surface area contributed by atoms with E-state index in [1.165, 1.54) is 0 Å². The highest BCUT2D eigenvalue weighted by molar-refractivity contribution is 6.00. The highest BCUT2D eigenvalue weighted by atomic mass is 16.5. The van der Waals surface area contributed by atoms with Gasteiger partial charge in [0, 0.05) is 25.9 Å². The minimum atomic E-state index is -0.501. The molecular weight excluding hydrogens is 306 g/mol. The number of hydrogen-bond donors (Lipinski definition) is 2. The zero-order valence-corrected chi connectivity index (χ0v) is 14.2. The highest BCUT2D eigenvalue weighted by Crippen LogP contribution is 2.30. The Morgan fingerprint density at radius 2 is 2.08 bits per heavy atom. The number of amides is 2. The van der Waals surface area contributed by atoms with Crippen LogP contribution in [0.25, 0.3) is 0 Å². The maximum absolute atomic E-state index is 12.4. The van der Waals surface area contributed by atoms with Crippen LogP contribution < -0.4 is 16.0 Å². The van der Waals surface area contributed by atoms with Gasteiger partial charge in [-0.05, 0) is 42.9 Å². The Bertz CT molecular complexity index is 640. The number of likely N-dealkylation sites (N-methyl/N-ethyl adjacent to an activating group) is 1. The Hall–Kier alpha value is -1.92. The third-order valence-corrected chi connectivity index (χ3v) is 5.12. The third-order valence-electron chi connectivity index (χ3n) is 5.12. The van der Waals surface area contributed by atoms with Crippen LogP contribution >= 0.6 is 0 Å². The molecule has 3 N–H and O–H groups in total. The van der Waals surface area contributed by atoms with Crippen molar-refractivity contribution in [2.45, 2.75) is 38.3 Å². The Morgan fingerprint density at radius 1 is 1.38 bits per heavy atom. The molecule has 1 fully saturated rings. The predicted octanol–water partition coefficient (Wildman–Crippen LogP) is 1.14. The first kappa shape index (κ1) is 16.9. The van der Waals surface area contributed by atoms with Gasteiger partial charge in [-0.1, -0.05) is 12.1 Å². The summed E-state index contributed by atoms with van der Waals surface area (Å²) >= 11 is 0. The van der Waals surface area contributed by atoms with E-state index in [0.29, 0.717) is 19.6 Å². The quantitative estimate of drug-likeness (QED) is 0.866. The number of carbonyl (C=O) groups is 2. The minimum Gasteiger partial charge on any atom is -0.381 e. The second kappa shape index (κ2) is 6.91. The summed E-state index contributed by atoms with van der Waals surface area (Å²) in [5, 5.41) is 3.00. The fourth-order valence-corrected chi connectivity index (χ4v) is 3.44. The molecule has 2 unspecified atom stereocenters. The average Bonchev–Trinajstić information content (AvgIpc) is 2.88. The number of carbonyl (C=O) groups excluding carboxylic acids is 2. The average molecular weight is 331 g/mol. The van der Waals surface area contributed by atoms with Crippen LogP contribution in [-0.2, 0) is 20.7 Å². The number of nitrogens with zero attached hydrogens (tertiary/aromatic N) is 1. The molecule has 2 amide bonds. The maximum Gasteiger partial charge on any atom is 0.237 e. The van der Waals surface area contributed by atoms with E-state index < -0.39 is 6.04 Å². The molecule has 1 aromatic carbocycles. The first-order chi connectivity index (χ1) is 11.5. The number of nitrogens with one attached hydrogen (secondary N) is 1. The molecule has 2 aliphatic rings. The van der Waals surface area contributed by atoms with Gasteiger partial charge in [-0.25, -0.2) is 0 Å². The molecule has 0 spiro atoms. The summed E-state index contributed by atoms with van der Waals surface area (Å²) in [6.07, 6.45) is 2.08. The van der Waals surface area contributed by atoms with Crippen molar-refractivity contribution in [1.29, 1.82) is 0 Å². The van der Waals surface area contributed by atoms with Crippen LogP contribution in [0, 0.1) is 5.92 Å². The Labute approximate surface area is 142 Å². The van der Waals surface area contributed by atoms with Gasteiger partial charge >= 0.3 is 0 Å². The van der Waals surface area contributed by atoms with Gasteiger partial charge in [0.05, 0.1) is 18.5 Å². The van der Waals surface area contributed by atoms with Crippen molar-refractivity contribution in [3.63, 3.8) is 0 Å². The summed E-state index contributed by atoms with van der Waals surface area (Å²) < 4.78 is 5.32. The van der Waals surface area contributed by atoms with Gasteiger partial charge in [-0.2, -0.15) is 0 Å². The molecule has 6 heteroatoms. The number of fused-ring (bicyclic) bond motifs is 1. The van der Waals surface area contributed by atoms with E-state index >= 15 is 0 Å². The maximum atomic E-state index is 12.4. The van der Waals surface area contributed by atoms with Gasteiger partial charge in [0.2, 0.25) is 11.8 Å². The largest absolute Gasteiger partial charge is 0.381 e. The number of ether oxygens (including phenoxy) is 1. The van der Waals surface area contributed by atoms with Gasteiger partial charge in [-0.15, -0.1) is 0 Å². The van der Waals surface area contributed by atoms with Crippen LogP contribution in [-0.4, -0.2) is 38.1 Å². The van der Waals surface area contributed by atoms with Gasteiger partial charge in [0.25, 0.3) is 0 Å². The van der Waals surface area contributed by atoms with E-state index in [4.69, 9.17) is 10.5 Å². The molecule has 0 aliphatic carbocycles. The zero-order valence-electron chi connectivity index (χ0n) is 14.2. The van der Waals surface area contributed by atoms with Crippen molar-refractivity contribution in [3.8, 4) is 0 Å². The van der Waals surface area contributed by atoms with E-state index in [2.05, 4.69) is 5.32 Å². The summed E-state index contributed by atoms with van der Waals surface area (Å²) in [4.78, 5) is 25.9. The van der Waals surface area contributed by atoms with Crippen molar-refractivity contribution in [2.75, 3.05) is 25.2 Å². The van der Waals surface area contributed by atoms with E-state index in [-0.39, 0.29) is 23.8 Å². The lowest BCUT2D eigenvalue weighted by Crippen LogP contribution is -2.47. The van der Waals surface area contributed by atoms with Crippen LogP contribution in [0.3, 0.4) is 0 Å². The third kappa shape index (κ3) is 3.30. The van der Waals surface area contributed by atoms with Crippen molar-refractivity contribution < 1.29 is 14.3 Å². The number of hydrogen-bond acceptors (Lipinski definition) is 4. The first-order valence-corrected chi connectivity index (χ1v) is 8.50. The monoisotopic (exact) mass is 331 g/mol. The SMILES string of the molecule is CC(NC(=O)C(N)C1CCOCC1)c1ccc2c(c1)CC(=O)N2C. The van der Waals surface area contributed by atoms with Crippen LogP contribution in [0.1, 0.15) is 36.9 Å². The second-order valence-corrected chi connectivity index (χ2v) is 6.72. The lowest BCUT2D eigenvalue weighted by molar-refractivity contribution is -0.125. The molecule has 1 saturated heterocycles. The lowest BCUT2D eigenvalue weighted by Gasteiger charge is -2.28. The standard InChI is InChI=1S/C18H25N3O3/c1-11(20-18(23)17(19)12-5-7-24-8-6-12)13-3-4-15-14(9-13)10-16(22)21(15)2/h3-4,9,11-12,17H,5-8,10,19H2,1-2H3,(H,20,23). The minimum absolute atomic E-state index is 0.0976. The summed E-state index contributed by atoms with van der Waals surface area (Å²) in [6, 6.07) is 5.25. The number of benzene rings is 1. The van der Waals surface area contributed by atoms with Gasteiger partial charge < -0.3 is 20.7 Å². The fourth-order valence-electron chi connectivity index (χ4n) is 3.44. The topological polar surface area (TPSA) is 84.7 Å². The molecule has 0 bridgehead atoms. The number of rotatable bonds is 4. The first-order valence-electron chi connectivity index (χ1n) is 8.50. The van der Waals surface area contributed by atoms with Crippen LogP contribution in [0.2, 0.25) is 0 Å². The molecule has 2 atom stereocenters. The Morgan fingerprint density at radius 3 is 2.79 bits per heavy atom. The van der Waals surface area contributed by atoms with E-state index in [1.807, 2.05) is 25.1 Å². The van der Waals surface area contributed by atoms with Crippen molar-refractivity contribution in [3.05, 3.63) is 29.3 Å². The van der Waals surface area contributed by atoms with Crippen LogP contribution in [0.5, 0.6) is 0 Å². The summed E-state index contributed by atoms with van der Waals surface area (Å²) in [6.45, 7) is 3.29. The molecule has 0 aromatic heterocycles. The normalized spacial score (nSPS) is 20.6. The predicted molar refractivity (Wildman–Crippen MR) is 91.6 cm³/mol. The lowest BCUT2D eigenvalue weighted by atomic mass is 9.91. The highest BCUT2D eigenvalue weighted by Gasteiger charge is 2.28. The van der Waals surface area contributed by atoms with Gasteiger partial charge in [0.1, 0.15) is 0 Å². The number of nitrogens with two attached hydrogens (primary N) is 1. The van der Waals surface area contributed by atoms with Crippen LogP contribution in [0.15, 0.2) is 18.2 Å². The molecule has 2 aliphatic heterocycles. The van der Waals surface area contributed by atoms with Gasteiger partial charge in [-0.3, -0.25) is 9.59 Å². The Balaban J connectivity index is 1.64. The summed E-state index contributed by atoms with van der Waals surface area (Å²) in [5.41, 5.74) is 9.07. The van der Waals surface area contributed by atoms with E-state index in [9.17, 15) is 9.59 Å². The molecule has 3 rings (SSSR count). The Kier molecular flexibility index (Phi) is 4.87. The summed E-state index contributed by atoms with van der Waals surface area (Å²) in [7, 11) is 1.78. The van der Waals surface area contributed by atoms with Gasteiger partial charge in [0.15, 0.2) is 0 Å². The molecule has 1 aromatic rings. The van der Waals surface area contributed by atoms with Crippen molar-refractivity contribution in [2.24, 2.45) is 11.7 Å².